The Bertz CT molecular complexity index is 1390. The molecule has 268 valence electrons. The molecule has 4 rings (SSSR count). The molecule has 49 heavy (non-hydrogen) atoms. The van der Waals surface area contributed by atoms with E-state index in [1.807, 2.05) is 67.6 Å². The van der Waals surface area contributed by atoms with Crippen LogP contribution in [0.25, 0.3) is 0 Å². The SMILES string of the molecule is CCC(COC(=O)C(SC(=S)c1ccccc1)c1ccccc1)(COC(=O)C1(C)COC(C)(C)OC1)COC(=O)C1(C)COC(C)(C)OC1. The summed E-state index contributed by atoms with van der Waals surface area (Å²) in [6, 6.07) is 18.7. The number of esters is 3. The molecule has 0 bridgehead atoms. The minimum atomic E-state index is -1.08. The number of thioether (sulfide) groups is 1. The molecule has 10 nitrogen and oxygen atoms in total. The average molecular weight is 717 g/mol. The van der Waals surface area contributed by atoms with Gasteiger partial charge in [-0.1, -0.05) is 91.6 Å². The van der Waals surface area contributed by atoms with Crippen molar-refractivity contribution < 1.29 is 47.5 Å². The monoisotopic (exact) mass is 716 g/mol. The third kappa shape index (κ3) is 10.3. The van der Waals surface area contributed by atoms with Crippen molar-refractivity contribution >= 4 is 46.1 Å². The lowest BCUT2D eigenvalue weighted by atomic mass is 9.86. The summed E-state index contributed by atoms with van der Waals surface area (Å²) in [6.45, 7) is 12.2. The molecule has 0 radical (unpaired) electrons. The average Bonchev–Trinajstić information content (AvgIpc) is 3.10. The van der Waals surface area contributed by atoms with Gasteiger partial charge in [0.2, 0.25) is 0 Å². The van der Waals surface area contributed by atoms with Crippen LogP contribution in [0.15, 0.2) is 60.7 Å². The van der Waals surface area contributed by atoms with Crippen molar-refractivity contribution in [2.24, 2.45) is 16.2 Å². The summed E-state index contributed by atoms with van der Waals surface area (Å²) in [7, 11) is 0. The summed E-state index contributed by atoms with van der Waals surface area (Å²) in [6.07, 6.45) is 0.347. The van der Waals surface area contributed by atoms with Crippen LogP contribution in [0.4, 0.5) is 0 Å². The molecule has 2 heterocycles. The van der Waals surface area contributed by atoms with Gasteiger partial charge in [-0.3, -0.25) is 14.4 Å². The Balaban J connectivity index is 1.52. The summed E-state index contributed by atoms with van der Waals surface area (Å²) in [4.78, 5) is 40.7. The summed E-state index contributed by atoms with van der Waals surface area (Å²) in [5.74, 6) is -3.23. The lowest BCUT2D eigenvalue weighted by Crippen LogP contribution is -2.51. The molecule has 0 amide bonds. The van der Waals surface area contributed by atoms with Gasteiger partial charge < -0.3 is 33.2 Å². The zero-order valence-corrected chi connectivity index (χ0v) is 31.0. The summed E-state index contributed by atoms with van der Waals surface area (Å²) < 4.78 is 41.3. The highest BCUT2D eigenvalue weighted by molar-refractivity contribution is 8.24. The van der Waals surface area contributed by atoms with E-state index in [-0.39, 0.29) is 46.2 Å². The maximum absolute atomic E-state index is 13.9. The highest BCUT2D eigenvalue weighted by Crippen LogP contribution is 2.37. The van der Waals surface area contributed by atoms with E-state index in [1.54, 1.807) is 41.5 Å². The second-order valence-electron chi connectivity index (χ2n) is 14.3. The molecule has 2 aromatic carbocycles. The van der Waals surface area contributed by atoms with E-state index in [1.165, 1.54) is 11.8 Å². The van der Waals surface area contributed by atoms with E-state index in [2.05, 4.69) is 0 Å². The Hall–Kier alpha value is -2.87. The van der Waals surface area contributed by atoms with Gasteiger partial charge in [0.1, 0.15) is 35.9 Å². The van der Waals surface area contributed by atoms with Crippen molar-refractivity contribution in [3.8, 4) is 0 Å². The fourth-order valence-electron chi connectivity index (χ4n) is 4.88. The topological polar surface area (TPSA) is 116 Å². The normalized spacial score (nSPS) is 20.0. The van der Waals surface area contributed by atoms with Crippen LogP contribution in [-0.2, 0) is 47.5 Å². The Kier molecular flexibility index (Phi) is 12.7. The van der Waals surface area contributed by atoms with Crippen LogP contribution in [0, 0.1) is 16.2 Å². The van der Waals surface area contributed by atoms with E-state index in [0.717, 1.165) is 11.1 Å². The summed E-state index contributed by atoms with van der Waals surface area (Å²) >= 11 is 6.93. The molecule has 1 unspecified atom stereocenters. The zero-order valence-electron chi connectivity index (χ0n) is 29.4. The highest BCUT2D eigenvalue weighted by atomic mass is 32.2. The first kappa shape index (κ1) is 38.9. The molecule has 1 atom stereocenters. The molecule has 0 aliphatic carbocycles. The minimum Gasteiger partial charge on any atom is -0.464 e. The van der Waals surface area contributed by atoms with Crippen LogP contribution in [0.1, 0.15) is 71.3 Å². The number of hydrogen-bond acceptors (Lipinski definition) is 12. The molecule has 2 aromatic rings. The number of benzene rings is 2. The van der Waals surface area contributed by atoms with Crippen LogP contribution in [0.3, 0.4) is 0 Å². The van der Waals surface area contributed by atoms with Gasteiger partial charge in [-0.2, -0.15) is 0 Å². The Morgan fingerprint density at radius 1 is 0.714 bits per heavy atom. The van der Waals surface area contributed by atoms with Crippen LogP contribution < -0.4 is 0 Å². The van der Waals surface area contributed by atoms with E-state index >= 15 is 0 Å². The van der Waals surface area contributed by atoms with Crippen molar-refractivity contribution in [2.75, 3.05) is 46.2 Å². The van der Waals surface area contributed by atoms with Gasteiger partial charge in [0.05, 0.1) is 36.0 Å². The number of rotatable bonds is 13. The van der Waals surface area contributed by atoms with Gasteiger partial charge in [0, 0.05) is 0 Å². The zero-order chi connectivity index (χ0) is 35.9. The van der Waals surface area contributed by atoms with E-state index in [4.69, 9.17) is 45.4 Å². The molecular weight excluding hydrogens is 669 g/mol. The lowest BCUT2D eigenvalue weighted by molar-refractivity contribution is -0.282. The van der Waals surface area contributed by atoms with Crippen LogP contribution in [-0.4, -0.2) is 79.9 Å². The summed E-state index contributed by atoms with van der Waals surface area (Å²) in [5.41, 5.74) is -1.65. The molecular formula is C37H48O10S2. The molecule has 0 aromatic heterocycles. The first-order valence-corrected chi connectivity index (χ1v) is 17.7. The first-order valence-electron chi connectivity index (χ1n) is 16.4. The highest BCUT2D eigenvalue weighted by Gasteiger charge is 2.47. The number of thiocarbonyl (C=S) groups is 1. The maximum atomic E-state index is 13.9. The van der Waals surface area contributed by atoms with Gasteiger partial charge in [0.15, 0.2) is 11.6 Å². The smallest absolute Gasteiger partial charge is 0.324 e. The van der Waals surface area contributed by atoms with Crippen molar-refractivity contribution in [3.05, 3.63) is 71.8 Å². The van der Waals surface area contributed by atoms with Crippen molar-refractivity contribution in [1.82, 2.24) is 0 Å². The van der Waals surface area contributed by atoms with Crippen molar-refractivity contribution in [1.29, 1.82) is 0 Å². The van der Waals surface area contributed by atoms with Crippen LogP contribution >= 0.6 is 24.0 Å². The quantitative estimate of drug-likeness (QED) is 0.129. The van der Waals surface area contributed by atoms with Crippen molar-refractivity contribution in [3.63, 3.8) is 0 Å². The second kappa shape index (κ2) is 16.0. The maximum Gasteiger partial charge on any atom is 0.324 e. The third-order valence-corrected chi connectivity index (χ3v) is 10.5. The number of carbonyl (C=O) groups is 3. The number of carbonyl (C=O) groups excluding carboxylic acids is 3. The summed E-state index contributed by atoms with van der Waals surface area (Å²) in [5, 5.41) is -0.772. The van der Waals surface area contributed by atoms with Gasteiger partial charge in [-0.15, -0.1) is 0 Å². The van der Waals surface area contributed by atoms with Gasteiger partial charge >= 0.3 is 17.9 Å². The molecule has 2 aliphatic heterocycles. The third-order valence-electron chi connectivity index (χ3n) is 8.78. The standard InChI is InChI=1S/C37H48O10S2/c1-8-37(24-42-31(39)35(6)19-44-33(2,3)45-20-35,25-43-32(40)36(7)21-46-34(4,5)47-22-36)23-41-29(38)28(26-15-11-9-12-16-26)49-30(48)27-17-13-10-14-18-27/h9-18,28H,8,19-25H2,1-7H3. The molecule has 0 spiro atoms. The van der Waals surface area contributed by atoms with Crippen LogP contribution in [0.5, 0.6) is 0 Å². The second-order valence-corrected chi connectivity index (χ2v) is 16.0. The Labute approximate surface area is 298 Å². The largest absolute Gasteiger partial charge is 0.464 e. The molecule has 12 heteroatoms. The van der Waals surface area contributed by atoms with Gasteiger partial charge in [-0.05, 0) is 59.1 Å². The predicted octanol–water partition coefficient (Wildman–Crippen LogP) is 6.44. The fourth-order valence-corrected chi connectivity index (χ4v) is 6.25. The number of ether oxygens (including phenoxy) is 7. The van der Waals surface area contributed by atoms with Gasteiger partial charge in [-0.25, -0.2) is 0 Å². The molecule has 2 saturated heterocycles. The molecule has 2 fully saturated rings. The van der Waals surface area contributed by atoms with Gasteiger partial charge in [0.25, 0.3) is 0 Å². The Morgan fingerprint density at radius 3 is 1.55 bits per heavy atom. The van der Waals surface area contributed by atoms with Crippen LogP contribution in [0.2, 0.25) is 0 Å². The molecule has 0 N–H and O–H groups in total. The molecule has 0 saturated carbocycles. The van der Waals surface area contributed by atoms with E-state index < -0.39 is 51.0 Å². The van der Waals surface area contributed by atoms with Crippen molar-refractivity contribution in [2.45, 2.75) is 71.7 Å². The number of hydrogen-bond donors (Lipinski definition) is 0. The molecule has 2 aliphatic rings. The lowest BCUT2D eigenvalue weighted by Gasteiger charge is -2.41. The van der Waals surface area contributed by atoms with E-state index in [0.29, 0.717) is 10.6 Å². The van der Waals surface area contributed by atoms with E-state index in [9.17, 15) is 14.4 Å². The Morgan fingerprint density at radius 2 is 1.12 bits per heavy atom. The first-order chi connectivity index (χ1) is 23.0. The fraction of sp³-hybridized carbons (Fsp3) is 0.568. The predicted molar refractivity (Wildman–Crippen MR) is 189 cm³/mol. The minimum absolute atomic E-state index is 0.105.